The molecule has 7 heteroatoms. The van der Waals surface area contributed by atoms with Gasteiger partial charge in [-0.1, -0.05) is 33.8 Å². The van der Waals surface area contributed by atoms with Crippen LogP contribution in [0.25, 0.3) is 5.76 Å². The highest BCUT2D eigenvalue weighted by molar-refractivity contribution is 7.10. The lowest BCUT2D eigenvalue weighted by atomic mass is 9.92. The van der Waals surface area contributed by atoms with Crippen molar-refractivity contribution >= 4 is 28.8 Å². The maximum absolute atomic E-state index is 13.2. The number of likely N-dealkylation sites (tertiary alicyclic amines) is 1. The zero-order chi connectivity index (χ0) is 24.3. The van der Waals surface area contributed by atoms with Gasteiger partial charge < -0.3 is 19.6 Å². The molecule has 2 heterocycles. The Bertz CT molecular complexity index is 1040. The predicted octanol–water partition coefficient (Wildman–Crippen LogP) is 4.95. The summed E-state index contributed by atoms with van der Waals surface area (Å²) in [6.45, 7) is 13.0. The molecule has 1 amide bonds. The van der Waals surface area contributed by atoms with E-state index in [4.69, 9.17) is 4.74 Å². The molecule has 1 aromatic heterocycles. The van der Waals surface area contributed by atoms with Crippen LogP contribution >= 0.6 is 11.3 Å². The second-order valence-electron chi connectivity index (χ2n) is 8.60. The van der Waals surface area contributed by atoms with Crippen LogP contribution in [0.15, 0.2) is 35.2 Å². The van der Waals surface area contributed by atoms with E-state index >= 15 is 0 Å². The molecule has 0 radical (unpaired) electrons. The van der Waals surface area contributed by atoms with E-state index < -0.39 is 17.7 Å². The van der Waals surface area contributed by atoms with Crippen molar-refractivity contribution in [1.29, 1.82) is 0 Å². The predicted molar refractivity (Wildman–Crippen MR) is 133 cm³/mol. The molecule has 0 spiro atoms. The molecule has 1 unspecified atom stereocenters. The molecule has 0 bridgehead atoms. The van der Waals surface area contributed by atoms with Gasteiger partial charge in [-0.2, -0.15) is 0 Å². The Morgan fingerprint density at radius 3 is 2.48 bits per heavy atom. The molecule has 178 valence electrons. The number of hydrogen-bond acceptors (Lipinski definition) is 6. The molecule has 1 fully saturated rings. The van der Waals surface area contributed by atoms with Gasteiger partial charge in [0.15, 0.2) is 0 Å². The number of benzene rings is 1. The first-order chi connectivity index (χ1) is 15.7. The fourth-order valence-electron chi connectivity index (χ4n) is 4.37. The van der Waals surface area contributed by atoms with Gasteiger partial charge in [-0.15, -0.1) is 11.3 Å². The van der Waals surface area contributed by atoms with Crippen molar-refractivity contribution in [2.45, 2.75) is 46.6 Å². The number of hydrogen-bond donors (Lipinski definition) is 1. The Labute approximate surface area is 200 Å². The van der Waals surface area contributed by atoms with Crippen LogP contribution in [0.2, 0.25) is 0 Å². The number of ether oxygens (including phenoxy) is 1. The number of methoxy groups -OCH3 is 1. The number of aryl methyl sites for hydroxylation is 1. The molecule has 1 N–H and O–H groups in total. The van der Waals surface area contributed by atoms with Crippen molar-refractivity contribution in [3.05, 3.63) is 56.8 Å². The second kappa shape index (κ2) is 10.5. The third kappa shape index (κ3) is 4.84. The van der Waals surface area contributed by atoms with Crippen molar-refractivity contribution in [3.63, 3.8) is 0 Å². The maximum atomic E-state index is 13.2. The van der Waals surface area contributed by atoms with Crippen molar-refractivity contribution in [2.24, 2.45) is 0 Å². The van der Waals surface area contributed by atoms with Crippen LogP contribution in [0.3, 0.4) is 0 Å². The zero-order valence-electron chi connectivity index (χ0n) is 20.3. The summed E-state index contributed by atoms with van der Waals surface area (Å²) in [4.78, 5) is 31.0. The molecular formula is C26H34N2O4S. The largest absolute Gasteiger partial charge is 0.507 e. The van der Waals surface area contributed by atoms with E-state index in [0.717, 1.165) is 34.8 Å². The van der Waals surface area contributed by atoms with Gasteiger partial charge in [0.25, 0.3) is 11.7 Å². The number of carbonyl (C=O) groups excluding carboxylic acids is 2. The monoisotopic (exact) mass is 470 g/mol. The number of aliphatic hydroxyl groups is 1. The highest BCUT2D eigenvalue weighted by Gasteiger charge is 2.46. The van der Waals surface area contributed by atoms with Gasteiger partial charge in [0, 0.05) is 23.5 Å². The molecule has 1 saturated heterocycles. The average molecular weight is 471 g/mol. The molecule has 1 atom stereocenters. The number of rotatable bonds is 9. The van der Waals surface area contributed by atoms with E-state index in [9.17, 15) is 14.7 Å². The Morgan fingerprint density at radius 1 is 1.24 bits per heavy atom. The minimum Gasteiger partial charge on any atom is -0.507 e. The summed E-state index contributed by atoms with van der Waals surface area (Å²) in [5.41, 5.74) is 2.44. The van der Waals surface area contributed by atoms with Crippen LogP contribution < -0.4 is 4.74 Å². The number of aliphatic hydroxyl groups excluding tert-OH is 1. The van der Waals surface area contributed by atoms with Gasteiger partial charge in [0.2, 0.25) is 0 Å². The van der Waals surface area contributed by atoms with Gasteiger partial charge in [-0.25, -0.2) is 0 Å². The van der Waals surface area contributed by atoms with E-state index in [2.05, 4.69) is 32.6 Å². The molecule has 0 saturated carbocycles. The smallest absolute Gasteiger partial charge is 0.295 e. The van der Waals surface area contributed by atoms with Crippen molar-refractivity contribution in [1.82, 2.24) is 9.80 Å². The number of thiophene rings is 1. The minimum atomic E-state index is -0.633. The zero-order valence-corrected chi connectivity index (χ0v) is 21.2. The van der Waals surface area contributed by atoms with Crippen LogP contribution in [0.5, 0.6) is 5.75 Å². The molecule has 3 rings (SSSR count). The summed E-state index contributed by atoms with van der Waals surface area (Å²) < 4.78 is 5.53. The van der Waals surface area contributed by atoms with Crippen LogP contribution in [0, 0.1) is 6.92 Å². The van der Waals surface area contributed by atoms with Crippen molar-refractivity contribution < 1.29 is 19.4 Å². The lowest BCUT2D eigenvalue weighted by molar-refractivity contribution is -0.140. The first-order valence-corrected chi connectivity index (χ1v) is 12.4. The van der Waals surface area contributed by atoms with Gasteiger partial charge in [-0.3, -0.25) is 9.59 Å². The van der Waals surface area contributed by atoms with E-state index in [1.165, 1.54) is 11.3 Å². The van der Waals surface area contributed by atoms with Gasteiger partial charge >= 0.3 is 0 Å². The first kappa shape index (κ1) is 25.0. The van der Waals surface area contributed by atoms with Crippen LogP contribution in [-0.4, -0.2) is 59.9 Å². The fourth-order valence-corrected chi connectivity index (χ4v) is 5.21. The minimum absolute atomic E-state index is 0.126. The van der Waals surface area contributed by atoms with Gasteiger partial charge in [-0.05, 0) is 60.6 Å². The lowest BCUT2D eigenvalue weighted by Crippen LogP contribution is -2.37. The van der Waals surface area contributed by atoms with E-state index in [1.54, 1.807) is 12.0 Å². The average Bonchev–Trinajstić information content (AvgIpc) is 3.41. The molecule has 1 aliphatic rings. The summed E-state index contributed by atoms with van der Waals surface area (Å²) >= 11 is 1.48. The highest BCUT2D eigenvalue weighted by atomic mass is 32.1. The summed E-state index contributed by atoms with van der Waals surface area (Å²) in [6.07, 6.45) is 0. The van der Waals surface area contributed by atoms with E-state index in [0.29, 0.717) is 18.7 Å². The summed E-state index contributed by atoms with van der Waals surface area (Å²) in [5.74, 6) is -0.409. The lowest BCUT2D eigenvalue weighted by Gasteiger charge is -2.27. The summed E-state index contributed by atoms with van der Waals surface area (Å²) in [5, 5.41) is 13.4. The molecule has 33 heavy (non-hydrogen) atoms. The SMILES string of the molecule is CCN(CC)CCN1C(=O)C(=O)/C(=C(/O)c2cc(C(C)C)c(OC)cc2C)C1c1cccs1. The Kier molecular flexibility index (Phi) is 7.97. The molecular weight excluding hydrogens is 436 g/mol. The van der Waals surface area contributed by atoms with Crippen molar-refractivity contribution in [2.75, 3.05) is 33.3 Å². The summed E-state index contributed by atoms with van der Waals surface area (Å²) in [6, 6.07) is 6.98. The molecule has 2 aromatic rings. The highest BCUT2D eigenvalue weighted by Crippen LogP contribution is 2.42. The summed E-state index contributed by atoms with van der Waals surface area (Å²) in [7, 11) is 1.62. The quantitative estimate of drug-likeness (QED) is 0.319. The standard InChI is InChI=1S/C26H34N2O4S/c1-7-27(8-2)11-12-28-23(21-10-9-13-33-21)22(25(30)26(28)31)24(29)19-15-18(16(3)4)20(32-6)14-17(19)5/h9-10,13-16,23,29H,7-8,11-12H2,1-6H3/b24-22+. The van der Waals surface area contributed by atoms with E-state index in [-0.39, 0.29) is 17.3 Å². The third-order valence-electron chi connectivity index (χ3n) is 6.36. The third-order valence-corrected chi connectivity index (χ3v) is 7.28. The fraction of sp³-hybridized carbons (Fsp3) is 0.462. The van der Waals surface area contributed by atoms with Gasteiger partial charge in [0.1, 0.15) is 11.5 Å². The second-order valence-corrected chi connectivity index (χ2v) is 9.58. The Hall–Kier alpha value is -2.64. The van der Waals surface area contributed by atoms with Crippen LogP contribution in [-0.2, 0) is 9.59 Å². The molecule has 6 nitrogen and oxygen atoms in total. The number of ketones is 1. The maximum Gasteiger partial charge on any atom is 0.295 e. The topological polar surface area (TPSA) is 70.1 Å². The normalized spacial score (nSPS) is 18.1. The Morgan fingerprint density at radius 2 is 1.94 bits per heavy atom. The van der Waals surface area contributed by atoms with Gasteiger partial charge in [0.05, 0.1) is 18.7 Å². The number of likely N-dealkylation sites (N-methyl/N-ethyl adjacent to an activating group) is 1. The van der Waals surface area contributed by atoms with E-state index in [1.807, 2.05) is 36.6 Å². The first-order valence-electron chi connectivity index (χ1n) is 11.5. The molecule has 1 aliphatic heterocycles. The number of carbonyl (C=O) groups is 2. The van der Waals surface area contributed by atoms with Crippen molar-refractivity contribution in [3.8, 4) is 5.75 Å². The Balaban J connectivity index is 2.14. The number of Topliss-reactive ketones (excluding diaryl/α,β-unsaturated/α-hetero) is 1. The molecule has 1 aromatic carbocycles. The number of nitrogens with zero attached hydrogens (tertiary/aromatic N) is 2. The van der Waals surface area contributed by atoms with Crippen LogP contribution in [0.4, 0.5) is 0 Å². The number of amides is 1. The molecule has 0 aliphatic carbocycles. The van der Waals surface area contributed by atoms with Crippen LogP contribution in [0.1, 0.15) is 61.2 Å².